The van der Waals surface area contributed by atoms with Gasteiger partial charge in [-0.05, 0) is 24.6 Å². The van der Waals surface area contributed by atoms with Crippen molar-refractivity contribution in [1.29, 1.82) is 0 Å². The Kier molecular flexibility index (Phi) is 4.06. The summed E-state index contributed by atoms with van der Waals surface area (Å²) in [5.41, 5.74) is 2.61. The summed E-state index contributed by atoms with van der Waals surface area (Å²) < 4.78 is 10.4. The van der Waals surface area contributed by atoms with E-state index in [0.29, 0.717) is 17.2 Å². The van der Waals surface area contributed by atoms with Gasteiger partial charge in [0.2, 0.25) is 0 Å². The van der Waals surface area contributed by atoms with Crippen LogP contribution in [-0.4, -0.2) is 33.2 Å². The average molecular weight is 262 g/mol. The molecule has 1 saturated heterocycles. The topological polar surface area (TPSA) is 59.6 Å². The lowest BCUT2D eigenvalue weighted by atomic mass is 10.0. The van der Waals surface area contributed by atoms with Gasteiger partial charge in [0.25, 0.3) is 5.91 Å². The molecule has 5 nitrogen and oxygen atoms in total. The van der Waals surface area contributed by atoms with E-state index in [2.05, 4.69) is 10.6 Å². The molecule has 0 aliphatic carbocycles. The molecule has 1 aromatic carbocycles. The molecular formula is C14H18N2O3. The molecule has 102 valence electrons. The second kappa shape index (κ2) is 5.75. The van der Waals surface area contributed by atoms with Gasteiger partial charge in [-0.1, -0.05) is 0 Å². The summed E-state index contributed by atoms with van der Waals surface area (Å²) in [6, 6.07) is 5.30. The van der Waals surface area contributed by atoms with Gasteiger partial charge >= 0.3 is 0 Å². The number of rotatable bonds is 4. The van der Waals surface area contributed by atoms with E-state index in [0.717, 1.165) is 24.2 Å². The molecule has 0 saturated carbocycles. The van der Waals surface area contributed by atoms with Crippen LogP contribution in [0.4, 0.5) is 5.69 Å². The predicted octanol–water partition coefficient (Wildman–Crippen LogP) is 1.56. The molecule has 0 radical (unpaired) electrons. The number of carbonyl (C=O) groups is 1. The Hall–Kier alpha value is -2.01. The Morgan fingerprint density at radius 1 is 1.21 bits per heavy atom. The Morgan fingerprint density at radius 2 is 1.89 bits per heavy atom. The maximum atomic E-state index is 12.0. The van der Waals surface area contributed by atoms with E-state index in [1.54, 1.807) is 32.4 Å². The van der Waals surface area contributed by atoms with Crippen LogP contribution in [0.15, 0.2) is 29.3 Å². The first-order valence-electron chi connectivity index (χ1n) is 6.08. The van der Waals surface area contributed by atoms with Crippen molar-refractivity contribution < 1.29 is 14.3 Å². The number of benzene rings is 1. The zero-order valence-electron chi connectivity index (χ0n) is 11.4. The van der Waals surface area contributed by atoms with Crippen LogP contribution in [0.2, 0.25) is 0 Å². The highest BCUT2D eigenvalue weighted by Gasteiger charge is 2.16. The van der Waals surface area contributed by atoms with E-state index >= 15 is 0 Å². The molecule has 1 heterocycles. The summed E-state index contributed by atoms with van der Waals surface area (Å²) in [6.45, 7) is 3.43. The van der Waals surface area contributed by atoms with Gasteiger partial charge in [-0.2, -0.15) is 0 Å². The van der Waals surface area contributed by atoms with Crippen molar-refractivity contribution in [2.75, 3.05) is 32.6 Å². The Balaban J connectivity index is 2.13. The molecule has 5 heteroatoms. The van der Waals surface area contributed by atoms with Gasteiger partial charge in [-0.3, -0.25) is 4.79 Å². The molecule has 0 unspecified atom stereocenters. The monoisotopic (exact) mass is 262 g/mol. The van der Waals surface area contributed by atoms with Gasteiger partial charge in [0.1, 0.15) is 0 Å². The summed E-state index contributed by atoms with van der Waals surface area (Å²) >= 11 is 0. The summed E-state index contributed by atoms with van der Waals surface area (Å²) in [4.78, 5) is 12.0. The van der Waals surface area contributed by atoms with Crippen LogP contribution in [0.5, 0.6) is 11.5 Å². The first kappa shape index (κ1) is 13.4. The molecule has 1 fully saturated rings. The number of nitrogens with one attached hydrogen (secondary N) is 2. The standard InChI is InChI=1S/C14H18N2O3/c1-9(10-7-15-8-10)14(17)16-11-4-5-12(18-2)13(6-11)19-3/h4-6,15H,7-8H2,1-3H3,(H,16,17). The van der Waals surface area contributed by atoms with Gasteiger partial charge in [0.15, 0.2) is 11.5 Å². The molecule has 19 heavy (non-hydrogen) atoms. The Morgan fingerprint density at radius 3 is 2.42 bits per heavy atom. The third-order valence-corrected chi connectivity index (χ3v) is 3.19. The summed E-state index contributed by atoms with van der Waals surface area (Å²) in [5.74, 6) is 1.15. The molecular weight excluding hydrogens is 244 g/mol. The summed E-state index contributed by atoms with van der Waals surface area (Å²) in [5, 5.41) is 5.98. The number of methoxy groups -OCH3 is 2. The largest absolute Gasteiger partial charge is 0.493 e. The minimum absolute atomic E-state index is 0.0799. The van der Waals surface area contributed by atoms with Gasteiger partial charge in [-0.15, -0.1) is 0 Å². The normalized spacial score (nSPS) is 13.5. The summed E-state index contributed by atoms with van der Waals surface area (Å²) in [6.07, 6.45) is 0. The van der Waals surface area contributed by atoms with Gasteiger partial charge < -0.3 is 20.1 Å². The smallest absolute Gasteiger partial charge is 0.251 e. The molecule has 1 aliphatic heterocycles. The second-order valence-electron chi connectivity index (χ2n) is 4.36. The maximum Gasteiger partial charge on any atom is 0.251 e. The maximum absolute atomic E-state index is 12.0. The van der Waals surface area contributed by atoms with Crippen molar-refractivity contribution in [1.82, 2.24) is 5.32 Å². The van der Waals surface area contributed by atoms with Gasteiger partial charge in [-0.25, -0.2) is 0 Å². The predicted molar refractivity (Wildman–Crippen MR) is 73.7 cm³/mol. The fourth-order valence-corrected chi connectivity index (χ4v) is 1.81. The van der Waals surface area contributed by atoms with E-state index in [1.807, 2.05) is 6.92 Å². The SMILES string of the molecule is COc1ccc(NC(=O)C(C)=C2CNC2)cc1OC. The van der Waals surface area contributed by atoms with E-state index < -0.39 is 0 Å². The van der Waals surface area contributed by atoms with E-state index in [1.165, 1.54) is 0 Å². The van der Waals surface area contributed by atoms with E-state index in [9.17, 15) is 4.79 Å². The molecule has 1 amide bonds. The third-order valence-electron chi connectivity index (χ3n) is 3.19. The molecule has 0 bridgehead atoms. The lowest BCUT2D eigenvalue weighted by molar-refractivity contribution is -0.112. The second-order valence-corrected chi connectivity index (χ2v) is 4.36. The zero-order chi connectivity index (χ0) is 13.8. The van der Waals surface area contributed by atoms with Crippen LogP contribution in [0.1, 0.15) is 6.92 Å². The average Bonchev–Trinajstić information content (AvgIpc) is 2.36. The number of ether oxygens (including phenoxy) is 2. The van der Waals surface area contributed by atoms with Gasteiger partial charge in [0, 0.05) is 30.4 Å². The first-order chi connectivity index (χ1) is 9.15. The van der Waals surface area contributed by atoms with Crippen molar-refractivity contribution >= 4 is 11.6 Å². The van der Waals surface area contributed by atoms with E-state index in [4.69, 9.17) is 9.47 Å². The van der Waals surface area contributed by atoms with Crippen LogP contribution in [-0.2, 0) is 4.79 Å². The lowest BCUT2D eigenvalue weighted by Crippen LogP contribution is -2.36. The lowest BCUT2D eigenvalue weighted by Gasteiger charge is -2.21. The molecule has 1 aliphatic rings. The minimum Gasteiger partial charge on any atom is -0.493 e. The number of hydrogen-bond acceptors (Lipinski definition) is 4. The Labute approximate surface area is 112 Å². The quantitative estimate of drug-likeness (QED) is 0.808. The van der Waals surface area contributed by atoms with Crippen molar-refractivity contribution in [3.8, 4) is 11.5 Å². The number of amides is 1. The Bertz CT molecular complexity index is 517. The third kappa shape index (κ3) is 2.88. The van der Waals surface area contributed by atoms with Crippen LogP contribution in [0.3, 0.4) is 0 Å². The van der Waals surface area contributed by atoms with Gasteiger partial charge in [0.05, 0.1) is 14.2 Å². The zero-order valence-corrected chi connectivity index (χ0v) is 11.4. The van der Waals surface area contributed by atoms with Crippen LogP contribution >= 0.6 is 0 Å². The highest BCUT2D eigenvalue weighted by Crippen LogP contribution is 2.29. The summed E-state index contributed by atoms with van der Waals surface area (Å²) in [7, 11) is 3.14. The van der Waals surface area contributed by atoms with E-state index in [-0.39, 0.29) is 5.91 Å². The van der Waals surface area contributed by atoms with Crippen molar-refractivity contribution in [3.05, 3.63) is 29.3 Å². The minimum atomic E-state index is -0.0799. The molecule has 1 aromatic rings. The molecule has 2 rings (SSSR count). The highest BCUT2D eigenvalue weighted by atomic mass is 16.5. The highest BCUT2D eigenvalue weighted by molar-refractivity contribution is 6.04. The fraction of sp³-hybridized carbons (Fsp3) is 0.357. The molecule has 0 aromatic heterocycles. The van der Waals surface area contributed by atoms with Crippen molar-refractivity contribution in [2.45, 2.75) is 6.92 Å². The fourth-order valence-electron chi connectivity index (χ4n) is 1.81. The molecule has 0 spiro atoms. The van der Waals surface area contributed by atoms with Crippen molar-refractivity contribution in [2.24, 2.45) is 0 Å². The molecule has 2 N–H and O–H groups in total. The number of hydrogen-bond donors (Lipinski definition) is 2. The van der Waals surface area contributed by atoms with Crippen LogP contribution in [0, 0.1) is 0 Å². The number of anilines is 1. The molecule has 0 atom stereocenters. The number of carbonyl (C=O) groups excluding carboxylic acids is 1. The van der Waals surface area contributed by atoms with Crippen LogP contribution < -0.4 is 20.1 Å². The van der Waals surface area contributed by atoms with Crippen LogP contribution in [0.25, 0.3) is 0 Å². The van der Waals surface area contributed by atoms with Crippen molar-refractivity contribution in [3.63, 3.8) is 0 Å². The first-order valence-corrected chi connectivity index (χ1v) is 6.08.